The van der Waals surface area contributed by atoms with Gasteiger partial charge in [-0.15, -0.1) is 0 Å². The first-order valence-electron chi connectivity index (χ1n) is 6.13. The molecule has 0 aromatic heterocycles. The van der Waals surface area contributed by atoms with E-state index in [0.717, 1.165) is 19.4 Å². The highest BCUT2D eigenvalue weighted by molar-refractivity contribution is 5.68. The number of hydrogen-bond donors (Lipinski definition) is 1. The second-order valence-electron chi connectivity index (χ2n) is 3.62. The fourth-order valence-corrected chi connectivity index (χ4v) is 1.77. The van der Waals surface area contributed by atoms with E-state index < -0.39 is 0 Å². The molecule has 3 nitrogen and oxygen atoms in total. The van der Waals surface area contributed by atoms with Gasteiger partial charge in [0.1, 0.15) is 0 Å². The zero-order valence-electron chi connectivity index (χ0n) is 10.3. The Morgan fingerprint density at radius 2 is 2.13 bits per heavy atom. The Morgan fingerprint density at radius 1 is 1.40 bits per heavy atom. The van der Waals surface area contributed by atoms with Crippen molar-refractivity contribution in [1.82, 2.24) is 5.32 Å². The molecule has 1 heterocycles. The van der Waals surface area contributed by atoms with E-state index in [2.05, 4.69) is 10.1 Å². The van der Waals surface area contributed by atoms with Gasteiger partial charge in [0.25, 0.3) is 0 Å². The number of esters is 1. The Kier molecular flexibility index (Phi) is 9.59. The van der Waals surface area contributed by atoms with Gasteiger partial charge in [0.15, 0.2) is 0 Å². The summed E-state index contributed by atoms with van der Waals surface area (Å²) in [6.45, 7) is 5.14. The van der Waals surface area contributed by atoms with Crippen LogP contribution in [0.25, 0.3) is 0 Å². The second kappa shape index (κ2) is 9.97. The number of piperidine rings is 1. The van der Waals surface area contributed by atoms with Crippen molar-refractivity contribution in [2.24, 2.45) is 0 Å². The van der Waals surface area contributed by atoms with Gasteiger partial charge in [0.2, 0.25) is 0 Å². The summed E-state index contributed by atoms with van der Waals surface area (Å²) in [5.41, 5.74) is 0. The Balaban J connectivity index is 0.000000921. The lowest BCUT2D eigenvalue weighted by Gasteiger charge is -2.22. The summed E-state index contributed by atoms with van der Waals surface area (Å²) in [5, 5.41) is 3.46. The van der Waals surface area contributed by atoms with E-state index in [0.29, 0.717) is 12.5 Å². The third kappa shape index (κ3) is 7.37. The van der Waals surface area contributed by atoms with Crippen molar-refractivity contribution < 1.29 is 9.53 Å². The highest BCUT2D eigenvalue weighted by Gasteiger charge is 2.12. The summed E-state index contributed by atoms with van der Waals surface area (Å²) in [5.74, 6) is -0.0872. The van der Waals surface area contributed by atoms with Gasteiger partial charge in [0.05, 0.1) is 7.11 Å². The van der Waals surface area contributed by atoms with E-state index in [1.807, 2.05) is 13.8 Å². The molecule has 1 aliphatic heterocycles. The van der Waals surface area contributed by atoms with E-state index in [1.54, 1.807) is 0 Å². The summed E-state index contributed by atoms with van der Waals surface area (Å²) in [6, 6.07) is 0.637. The van der Waals surface area contributed by atoms with E-state index in [-0.39, 0.29) is 5.97 Å². The van der Waals surface area contributed by atoms with Crippen LogP contribution in [-0.2, 0) is 9.53 Å². The lowest BCUT2D eigenvalue weighted by atomic mass is 10.00. The molecule has 0 aliphatic carbocycles. The van der Waals surface area contributed by atoms with Gasteiger partial charge >= 0.3 is 5.97 Å². The summed E-state index contributed by atoms with van der Waals surface area (Å²) in [6.07, 6.45) is 6.51. The molecule has 1 saturated heterocycles. The fraction of sp³-hybridized carbons (Fsp3) is 0.917. The van der Waals surface area contributed by atoms with Crippen molar-refractivity contribution in [2.75, 3.05) is 13.7 Å². The van der Waals surface area contributed by atoms with Crippen LogP contribution in [0, 0.1) is 0 Å². The number of carbonyl (C=O) groups excluding carboxylic acids is 1. The third-order valence-electron chi connectivity index (χ3n) is 2.57. The number of methoxy groups -OCH3 is 1. The summed E-state index contributed by atoms with van der Waals surface area (Å²) in [7, 11) is 1.45. The molecule has 1 unspecified atom stereocenters. The highest BCUT2D eigenvalue weighted by Crippen LogP contribution is 2.12. The van der Waals surface area contributed by atoms with Crippen LogP contribution in [0.15, 0.2) is 0 Å². The molecule has 1 rings (SSSR count). The molecule has 15 heavy (non-hydrogen) atoms. The first kappa shape index (κ1) is 14.4. The fourth-order valence-electron chi connectivity index (χ4n) is 1.77. The van der Waals surface area contributed by atoms with Gasteiger partial charge in [-0.05, 0) is 32.2 Å². The van der Waals surface area contributed by atoms with Crippen molar-refractivity contribution in [3.05, 3.63) is 0 Å². The summed E-state index contributed by atoms with van der Waals surface area (Å²) in [4.78, 5) is 10.8. The quantitative estimate of drug-likeness (QED) is 0.732. The lowest BCUT2D eigenvalue weighted by Crippen LogP contribution is -2.33. The van der Waals surface area contributed by atoms with Gasteiger partial charge < -0.3 is 10.1 Å². The summed E-state index contributed by atoms with van der Waals surface area (Å²) < 4.78 is 4.58. The number of carbonyl (C=O) groups is 1. The van der Waals surface area contributed by atoms with E-state index in [9.17, 15) is 4.79 Å². The number of ether oxygens (including phenoxy) is 1. The highest BCUT2D eigenvalue weighted by atomic mass is 16.5. The molecule has 0 spiro atoms. The Bertz CT molecular complexity index is 154. The Labute approximate surface area is 93.6 Å². The largest absolute Gasteiger partial charge is 0.469 e. The van der Waals surface area contributed by atoms with Crippen molar-refractivity contribution in [3.8, 4) is 0 Å². The molecule has 0 radical (unpaired) electrons. The van der Waals surface area contributed by atoms with Gasteiger partial charge in [0, 0.05) is 12.5 Å². The minimum atomic E-state index is -0.0872. The maximum absolute atomic E-state index is 10.8. The molecular formula is C12H25NO2. The van der Waals surface area contributed by atoms with Crippen LogP contribution in [-0.4, -0.2) is 25.7 Å². The SMILES string of the molecule is CC.COC(=O)CCCC1CCCCN1. The van der Waals surface area contributed by atoms with Crippen molar-refractivity contribution in [3.63, 3.8) is 0 Å². The van der Waals surface area contributed by atoms with Crippen molar-refractivity contribution in [2.45, 2.75) is 58.4 Å². The predicted molar refractivity (Wildman–Crippen MR) is 62.9 cm³/mol. The minimum absolute atomic E-state index is 0.0872. The maximum atomic E-state index is 10.8. The third-order valence-corrected chi connectivity index (χ3v) is 2.57. The second-order valence-corrected chi connectivity index (χ2v) is 3.62. The topological polar surface area (TPSA) is 38.3 Å². The Hall–Kier alpha value is -0.570. The molecule has 1 fully saturated rings. The van der Waals surface area contributed by atoms with E-state index >= 15 is 0 Å². The number of rotatable bonds is 4. The van der Waals surface area contributed by atoms with Crippen LogP contribution in [0.1, 0.15) is 52.4 Å². The molecule has 1 aliphatic rings. The van der Waals surface area contributed by atoms with Gasteiger partial charge in [-0.1, -0.05) is 20.3 Å². The average Bonchev–Trinajstić information content (AvgIpc) is 2.33. The molecule has 90 valence electrons. The number of nitrogens with one attached hydrogen (secondary N) is 1. The first-order valence-corrected chi connectivity index (χ1v) is 6.13. The van der Waals surface area contributed by atoms with Crippen LogP contribution in [0.5, 0.6) is 0 Å². The molecule has 0 aromatic carbocycles. The van der Waals surface area contributed by atoms with Crippen LogP contribution in [0.4, 0.5) is 0 Å². The molecule has 0 saturated carbocycles. The lowest BCUT2D eigenvalue weighted by molar-refractivity contribution is -0.140. The maximum Gasteiger partial charge on any atom is 0.305 e. The van der Waals surface area contributed by atoms with Crippen molar-refractivity contribution >= 4 is 5.97 Å². The minimum Gasteiger partial charge on any atom is -0.469 e. The monoisotopic (exact) mass is 215 g/mol. The van der Waals surface area contributed by atoms with Crippen LogP contribution >= 0.6 is 0 Å². The van der Waals surface area contributed by atoms with E-state index in [4.69, 9.17) is 0 Å². The first-order chi connectivity index (χ1) is 7.33. The molecule has 0 bridgehead atoms. The van der Waals surface area contributed by atoms with Gasteiger partial charge in [-0.2, -0.15) is 0 Å². The number of hydrogen-bond acceptors (Lipinski definition) is 3. The Morgan fingerprint density at radius 3 is 2.67 bits per heavy atom. The summed E-state index contributed by atoms with van der Waals surface area (Å²) >= 11 is 0. The zero-order chi connectivity index (χ0) is 11.5. The standard InChI is InChI=1S/C10H19NO2.C2H6/c1-13-10(12)7-4-6-9-5-2-3-8-11-9;1-2/h9,11H,2-8H2,1H3;1-2H3. The van der Waals surface area contributed by atoms with Gasteiger partial charge in [-0.3, -0.25) is 4.79 Å². The van der Waals surface area contributed by atoms with Crippen LogP contribution in [0.2, 0.25) is 0 Å². The normalized spacial score (nSPS) is 20.1. The zero-order valence-corrected chi connectivity index (χ0v) is 10.3. The van der Waals surface area contributed by atoms with Crippen LogP contribution < -0.4 is 5.32 Å². The predicted octanol–water partition coefficient (Wildman–Crippen LogP) is 2.50. The molecule has 3 heteroatoms. The smallest absolute Gasteiger partial charge is 0.305 e. The molecule has 0 amide bonds. The molecule has 1 atom stereocenters. The molecule has 1 N–H and O–H groups in total. The average molecular weight is 215 g/mol. The van der Waals surface area contributed by atoms with Crippen LogP contribution in [0.3, 0.4) is 0 Å². The van der Waals surface area contributed by atoms with Gasteiger partial charge in [-0.25, -0.2) is 0 Å². The van der Waals surface area contributed by atoms with Crippen molar-refractivity contribution in [1.29, 1.82) is 0 Å². The molecular weight excluding hydrogens is 190 g/mol. The molecule has 0 aromatic rings. The van der Waals surface area contributed by atoms with E-state index in [1.165, 1.54) is 26.4 Å².